The number of anilines is 1. The molecular formula is C29H33Cl2N3O5S. The van der Waals surface area contributed by atoms with Crippen molar-refractivity contribution in [3.05, 3.63) is 88.4 Å². The second-order valence-electron chi connectivity index (χ2n) is 9.60. The second kappa shape index (κ2) is 13.9. The summed E-state index contributed by atoms with van der Waals surface area (Å²) < 4.78 is 33.9. The zero-order valence-corrected chi connectivity index (χ0v) is 25.1. The van der Waals surface area contributed by atoms with Gasteiger partial charge in [-0.3, -0.25) is 13.9 Å². The topological polar surface area (TPSA) is 96.0 Å². The first-order chi connectivity index (χ1) is 18.9. The van der Waals surface area contributed by atoms with Gasteiger partial charge in [0.15, 0.2) is 0 Å². The molecule has 1 atom stereocenters. The fourth-order valence-electron chi connectivity index (χ4n) is 3.88. The number of ether oxygens (including phenoxy) is 1. The molecule has 0 heterocycles. The molecular weight excluding hydrogens is 573 g/mol. The van der Waals surface area contributed by atoms with Crippen molar-refractivity contribution in [2.45, 2.75) is 38.3 Å². The molecule has 0 fully saturated rings. The van der Waals surface area contributed by atoms with E-state index < -0.39 is 28.5 Å². The number of nitrogens with zero attached hydrogens (tertiary/aromatic N) is 2. The molecule has 2 amide bonds. The first kappa shape index (κ1) is 31.3. The van der Waals surface area contributed by atoms with Crippen molar-refractivity contribution < 1.29 is 22.7 Å². The number of carbonyl (C=O) groups is 2. The molecule has 0 radical (unpaired) electrons. The first-order valence-electron chi connectivity index (χ1n) is 12.7. The molecule has 3 aromatic carbocycles. The summed E-state index contributed by atoms with van der Waals surface area (Å²) in [5, 5.41) is 3.57. The van der Waals surface area contributed by atoms with Crippen LogP contribution in [0.5, 0.6) is 5.75 Å². The van der Waals surface area contributed by atoms with Crippen LogP contribution in [0, 0.1) is 5.92 Å². The smallest absolute Gasteiger partial charge is 0.264 e. The average molecular weight is 607 g/mol. The van der Waals surface area contributed by atoms with Crippen LogP contribution in [0.3, 0.4) is 0 Å². The number of amides is 2. The van der Waals surface area contributed by atoms with E-state index in [0.29, 0.717) is 27.9 Å². The number of hydrogen-bond donors (Lipinski definition) is 1. The number of carbonyl (C=O) groups excluding carboxylic acids is 2. The Kier molecular flexibility index (Phi) is 10.8. The van der Waals surface area contributed by atoms with Gasteiger partial charge in [0.05, 0.1) is 17.7 Å². The van der Waals surface area contributed by atoms with Gasteiger partial charge in [-0.15, -0.1) is 0 Å². The standard InChI is InChI=1S/C29H33Cl2N3O5S/c1-20(2)17-32-29(36)21(3)33(18-22-8-5-6-11-27(22)31)28(35)19-34(24-10-7-9-23(30)16-24)40(37,38)26-14-12-25(39-4)13-15-26/h5-16,20-21H,17-19H2,1-4H3,(H,32,36). The van der Waals surface area contributed by atoms with E-state index in [2.05, 4.69) is 5.32 Å². The van der Waals surface area contributed by atoms with Crippen LogP contribution in [0.1, 0.15) is 26.3 Å². The molecule has 214 valence electrons. The van der Waals surface area contributed by atoms with Crippen LogP contribution in [-0.4, -0.2) is 51.4 Å². The third kappa shape index (κ3) is 7.90. The molecule has 0 saturated heterocycles. The predicted molar refractivity (Wildman–Crippen MR) is 158 cm³/mol. The lowest BCUT2D eigenvalue weighted by Gasteiger charge is -2.32. The van der Waals surface area contributed by atoms with E-state index in [1.165, 1.54) is 42.3 Å². The minimum Gasteiger partial charge on any atom is -0.497 e. The van der Waals surface area contributed by atoms with Crippen molar-refractivity contribution in [2.24, 2.45) is 5.92 Å². The first-order valence-corrected chi connectivity index (χ1v) is 14.9. The molecule has 0 aliphatic carbocycles. The van der Waals surface area contributed by atoms with E-state index >= 15 is 0 Å². The zero-order valence-electron chi connectivity index (χ0n) is 22.8. The number of benzene rings is 3. The quantitative estimate of drug-likeness (QED) is 0.299. The SMILES string of the molecule is COc1ccc(S(=O)(=O)N(CC(=O)N(Cc2ccccc2Cl)C(C)C(=O)NCC(C)C)c2cccc(Cl)c2)cc1. The van der Waals surface area contributed by atoms with Gasteiger partial charge in [-0.05, 0) is 66.9 Å². The van der Waals surface area contributed by atoms with Gasteiger partial charge in [0.2, 0.25) is 11.8 Å². The number of methoxy groups -OCH3 is 1. The van der Waals surface area contributed by atoms with Crippen molar-refractivity contribution in [1.29, 1.82) is 0 Å². The Morgan fingerprint density at radius 1 is 0.950 bits per heavy atom. The Morgan fingerprint density at radius 3 is 2.23 bits per heavy atom. The van der Waals surface area contributed by atoms with E-state index in [1.54, 1.807) is 49.4 Å². The molecule has 11 heteroatoms. The van der Waals surface area contributed by atoms with Gasteiger partial charge in [0.1, 0.15) is 18.3 Å². The Bertz CT molecular complexity index is 1430. The highest BCUT2D eigenvalue weighted by molar-refractivity contribution is 7.92. The van der Waals surface area contributed by atoms with E-state index in [9.17, 15) is 18.0 Å². The predicted octanol–water partition coefficient (Wildman–Crippen LogP) is 5.39. The molecule has 1 N–H and O–H groups in total. The summed E-state index contributed by atoms with van der Waals surface area (Å²) in [5.41, 5.74) is 0.819. The van der Waals surface area contributed by atoms with Gasteiger partial charge in [-0.2, -0.15) is 0 Å². The Balaban J connectivity index is 2.03. The second-order valence-corrected chi connectivity index (χ2v) is 12.3. The normalized spacial score (nSPS) is 12.1. The highest BCUT2D eigenvalue weighted by Gasteiger charge is 2.33. The monoisotopic (exact) mass is 605 g/mol. The lowest BCUT2D eigenvalue weighted by molar-refractivity contribution is -0.139. The molecule has 0 aromatic heterocycles. The molecule has 8 nitrogen and oxygen atoms in total. The number of sulfonamides is 1. The van der Waals surface area contributed by atoms with Crippen molar-refractivity contribution in [1.82, 2.24) is 10.2 Å². The van der Waals surface area contributed by atoms with Crippen LogP contribution in [0.25, 0.3) is 0 Å². The Morgan fingerprint density at radius 2 is 1.62 bits per heavy atom. The van der Waals surface area contributed by atoms with Crippen molar-refractivity contribution in [3.8, 4) is 5.75 Å². The molecule has 0 saturated carbocycles. The summed E-state index contributed by atoms with van der Waals surface area (Å²) in [6.07, 6.45) is 0. The van der Waals surface area contributed by atoms with Gasteiger partial charge in [-0.1, -0.05) is 61.3 Å². The van der Waals surface area contributed by atoms with Crippen LogP contribution >= 0.6 is 23.2 Å². The number of nitrogens with one attached hydrogen (secondary N) is 1. The van der Waals surface area contributed by atoms with Crippen molar-refractivity contribution >= 4 is 50.7 Å². The summed E-state index contributed by atoms with van der Waals surface area (Å²) in [5.74, 6) is -0.265. The summed E-state index contributed by atoms with van der Waals surface area (Å²) in [7, 11) is -2.75. The average Bonchev–Trinajstić information content (AvgIpc) is 2.93. The number of halogens is 2. The van der Waals surface area contributed by atoms with E-state index in [-0.39, 0.29) is 29.0 Å². The maximum Gasteiger partial charge on any atom is 0.264 e. The van der Waals surface area contributed by atoms with Crippen molar-refractivity contribution in [2.75, 3.05) is 24.5 Å². The van der Waals surface area contributed by atoms with Gasteiger partial charge in [0, 0.05) is 23.1 Å². The lowest BCUT2D eigenvalue weighted by atomic mass is 10.1. The molecule has 40 heavy (non-hydrogen) atoms. The van der Waals surface area contributed by atoms with Crippen LogP contribution in [0.2, 0.25) is 10.0 Å². The van der Waals surface area contributed by atoms with E-state index in [4.69, 9.17) is 27.9 Å². The van der Waals surface area contributed by atoms with Crippen LogP contribution in [0.15, 0.2) is 77.7 Å². The minimum atomic E-state index is -4.23. The summed E-state index contributed by atoms with van der Waals surface area (Å²) in [6.45, 7) is 5.38. The highest BCUT2D eigenvalue weighted by Crippen LogP contribution is 2.28. The maximum atomic E-state index is 13.9. The van der Waals surface area contributed by atoms with Crippen LogP contribution < -0.4 is 14.4 Å². The largest absolute Gasteiger partial charge is 0.497 e. The van der Waals surface area contributed by atoms with Crippen LogP contribution in [0.4, 0.5) is 5.69 Å². The lowest BCUT2D eigenvalue weighted by Crippen LogP contribution is -2.51. The third-order valence-electron chi connectivity index (χ3n) is 6.17. The summed E-state index contributed by atoms with van der Waals surface area (Å²) in [6, 6.07) is 18.2. The fraction of sp³-hybridized carbons (Fsp3) is 0.310. The summed E-state index contributed by atoms with van der Waals surface area (Å²) in [4.78, 5) is 28.3. The molecule has 3 aromatic rings. The molecule has 3 rings (SSSR count). The molecule has 0 spiro atoms. The molecule has 0 bridgehead atoms. The van der Waals surface area contributed by atoms with E-state index in [1.807, 2.05) is 13.8 Å². The van der Waals surface area contributed by atoms with Crippen LogP contribution in [-0.2, 0) is 26.2 Å². The van der Waals surface area contributed by atoms with Gasteiger partial charge in [0.25, 0.3) is 10.0 Å². The molecule has 0 aliphatic rings. The fourth-order valence-corrected chi connectivity index (χ4v) is 5.67. The maximum absolute atomic E-state index is 13.9. The van der Waals surface area contributed by atoms with Gasteiger partial charge >= 0.3 is 0 Å². The number of hydrogen-bond acceptors (Lipinski definition) is 5. The van der Waals surface area contributed by atoms with Gasteiger partial charge < -0.3 is 15.0 Å². The summed E-state index contributed by atoms with van der Waals surface area (Å²) >= 11 is 12.6. The highest BCUT2D eigenvalue weighted by atomic mass is 35.5. The Hall–Kier alpha value is -3.27. The molecule has 0 aliphatic heterocycles. The minimum absolute atomic E-state index is 0.000735. The molecule has 1 unspecified atom stereocenters. The van der Waals surface area contributed by atoms with Gasteiger partial charge in [-0.25, -0.2) is 8.42 Å². The zero-order chi connectivity index (χ0) is 29.4. The van der Waals surface area contributed by atoms with E-state index in [0.717, 1.165) is 4.31 Å². The third-order valence-corrected chi connectivity index (χ3v) is 8.56. The number of rotatable bonds is 12. The van der Waals surface area contributed by atoms with Crippen molar-refractivity contribution in [3.63, 3.8) is 0 Å². The Labute approximate surface area is 245 Å².